The van der Waals surface area contributed by atoms with Gasteiger partial charge in [-0.1, -0.05) is 30.3 Å². The van der Waals surface area contributed by atoms with Gasteiger partial charge < -0.3 is 14.7 Å². The van der Waals surface area contributed by atoms with Crippen molar-refractivity contribution in [2.75, 3.05) is 14.2 Å². The van der Waals surface area contributed by atoms with Crippen LogP contribution in [0.15, 0.2) is 48.5 Å². The Morgan fingerprint density at radius 1 is 1.19 bits per heavy atom. The molecule has 0 saturated heterocycles. The molecule has 0 spiro atoms. The summed E-state index contributed by atoms with van der Waals surface area (Å²) in [6.45, 7) is 0.504. The summed E-state index contributed by atoms with van der Waals surface area (Å²) in [5.41, 5.74) is 1.64. The Kier molecular flexibility index (Phi) is 4.82. The van der Waals surface area contributed by atoms with Gasteiger partial charge in [0.15, 0.2) is 0 Å². The number of para-hydroxylation sites is 1. The van der Waals surface area contributed by atoms with Crippen molar-refractivity contribution < 1.29 is 14.6 Å². The maximum absolute atomic E-state index is 12.2. The Hall–Kier alpha value is -2.49. The van der Waals surface area contributed by atoms with Crippen molar-refractivity contribution in [2.45, 2.75) is 13.0 Å². The van der Waals surface area contributed by atoms with Crippen molar-refractivity contribution in [3.05, 3.63) is 59.7 Å². The van der Waals surface area contributed by atoms with E-state index in [0.717, 1.165) is 11.3 Å². The summed E-state index contributed by atoms with van der Waals surface area (Å²) >= 11 is 0. The quantitative estimate of drug-likeness (QED) is 0.918. The predicted molar refractivity (Wildman–Crippen MR) is 81.3 cm³/mol. The number of hydrogen-bond donors (Lipinski definition) is 1. The van der Waals surface area contributed by atoms with E-state index in [0.29, 0.717) is 12.1 Å². The predicted octanol–water partition coefficient (Wildman–Crippen LogP) is 2.60. The van der Waals surface area contributed by atoms with E-state index in [2.05, 4.69) is 0 Å². The number of carbonyl (C=O) groups excluding carboxylic acids is 1. The number of benzene rings is 2. The summed E-state index contributed by atoms with van der Waals surface area (Å²) in [5, 5.41) is 9.71. The molecule has 0 saturated carbocycles. The van der Waals surface area contributed by atoms with Gasteiger partial charge in [0, 0.05) is 19.2 Å². The number of hydrogen-bond acceptors (Lipinski definition) is 3. The molecule has 4 heteroatoms. The molecular formula is C17H19NO3. The van der Waals surface area contributed by atoms with Gasteiger partial charge in [0.25, 0.3) is 0 Å². The van der Waals surface area contributed by atoms with Gasteiger partial charge in [0.05, 0.1) is 13.5 Å². The average Bonchev–Trinajstić information content (AvgIpc) is 2.49. The maximum Gasteiger partial charge on any atom is 0.227 e. The standard InChI is InChI=1S/C17H19NO3/c1-18(12-13-6-5-8-15(10-13)21-2)17(20)11-14-7-3-4-9-16(14)19/h3-10,19H,11-12H2,1-2H3. The van der Waals surface area contributed by atoms with Gasteiger partial charge in [0.1, 0.15) is 11.5 Å². The second kappa shape index (κ2) is 6.79. The third-order valence-electron chi connectivity index (χ3n) is 3.31. The molecule has 2 aromatic rings. The van der Waals surface area contributed by atoms with Crippen LogP contribution in [0.3, 0.4) is 0 Å². The second-order valence-corrected chi connectivity index (χ2v) is 4.91. The molecule has 4 nitrogen and oxygen atoms in total. The molecule has 0 bridgehead atoms. The molecule has 0 aromatic heterocycles. The molecule has 21 heavy (non-hydrogen) atoms. The van der Waals surface area contributed by atoms with Gasteiger partial charge >= 0.3 is 0 Å². The minimum Gasteiger partial charge on any atom is -0.508 e. The van der Waals surface area contributed by atoms with Crippen LogP contribution in [0, 0.1) is 0 Å². The highest BCUT2D eigenvalue weighted by molar-refractivity contribution is 5.79. The van der Waals surface area contributed by atoms with Crippen LogP contribution in [0.5, 0.6) is 11.5 Å². The van der Waals surface area contributed by atoms with Gasteiger partial charge in [-0.05, 0) is 23.8 Å². The number of aromatic hydroxyl groups is 1. The highest BCUT2D eigenvalue weighted by Crippen LogP contribution is 2.18. The van der Waals surface area contributed by atoms with Crippen molar-refractivity contribution in [3.63, 3.8) is 0 Å². The summed E-state index contributed by atoms with van der Waals surface area (Å²) in [4.78, 5) is 13.8. The van der Waals surface area contributed by atoms with Crippen LogP contribution in [0.2, 0.25) is 0 Å². The zero-order valence-electron chi connectivity index (χ0n) is 12.2. The fourth-order valence-corrected chi connectivity index (χ4v) is 2.09. The molecule has 2 rings (SSSR count). The number of likely N-dealkylation sites (N-methyl/N-ethyl adjacent to an activating group) is 1. The zero-order chi connectivity index (χ0) is 15.2. The molecule has 0 atom stereocenters. The molecule has 0 heterocycles. The Balaban J connectivity index is 2.01. The van der Waals surface area contributed by atoms with Gasteiger partial charge in [-0.2, -0.15) is 0 Å². The molecule has 1 N–H and O–H groups in total. The zero-order valence-corrected chi connectivity index (χ0v) is 12.2. The third kappa shape index (κ3) is 3.99. The summed E-state index contributed by atoms with van der Waals surface area (Å²) in [7, 11) is 3.37. The van der Waals surface area contributed by atoms with Crippen molar-refractivity contribution in [2.24, 2.45) is 0 Å². The summed E-state index contributed by atoms with van der Waals surface area (Å²) in [6, 6.07) is 14.5. The lowest BCUT2D eigenvalue weighted by atomic mass is 10.1. The summed E-state index contributed by atoms with van der Waals surface area (Å²) < 4.78 is 5.17. The van der Waals surface area contributed by atoms with Gasteiger partial charge in [0.2, 0.25) is 5.91 Å². The summed E-state index contributed by atoms with van der Waals surface area (Å²) in [6.07, 6.45) is 0.188. The molecule has 2 aromatic carbocycles. The Morgan fingerprint density at radius 3 is 2.67 bits per heavy atom. The van der Waals surface area contributed by atoms with E-state index in [1.807, 2.05) is 30.3 Å². The van der Waals surface area contributed by atoms with Crippen LogP contribution in [0.4, 0.5) is 0 Å². The number of ether oxygens (including phenoxy) is 1. The van der Waals surface area contributed by atoms with Gasteiger partial charge in [-0.15, -0.1) is 0 Å². The molecule has 0 aliphatic heterocycles. The van der Waals surface area contributed by atoms with Crippen LogP contribution in [0.1, 0.15) is 11.1 Å². The molecule has 0 aliphatic carbocycles. The van der Waals surface area contributed by atoms with Crippen LogP contribution in [-0.2, 0) is 17.8 Å². The monoisotopic (exact) mass is 285 g/mol. The topological polar surface area (TPSA) is 49.8 Å². The minimum absolute atomic E-state index is 0.0423. The minimum atomic E-state index is -0.0423. The first-order valence-corrected chi connectivity index (χ1v) is 6.74. The van der Waals surface area contributed by atoms with Gasteiger partial charge in [-0.25, -0.2) is 0 Å². The van der Waals surface area contributed by atoms with E-state index < -0.39 is 0 Å². The first kappa shape index (κ1) is 14.9. The van der Waals surface area contributed by atoms with Crippen molar-refractivity contribution >= 4 is 5.91 Å². The van der Waals surface area contributed by atoms with Crippen molar-refractivity contribution in [1.29, 1.82) is 0 Å². The van der Waals surface area contributed by atoms with Gasteiger partial charge in [-0.3, -0.25) is 4.79 Å². The van der Waals surface area contributed by atoms with E-state index >= 15 is 0 Å². The smallest absolute Gasteiger partial charge is 0.227 e. The normalized spacial score (nSPS) is 10.2. The van der Waals surface area contributed by atoms with Crippen LogP contribution >= 0.6 is 0 Å². The number of nitrogens with zero attached hydrogens (tertiary/aromatic N) is 1. The van der Waals surface area contributed by atoms with Crippen LogP contribution < -0.4 is 4.74 Å². The van der Waals surface area contributed by atoms with E-state index in [-0.39, 0.29) is 18.1 Å². The summed E-state index contributed by atoms with van der Waals surface area (Å²) in [5.74, 6) is 0.883. The van der Waals surface area contributed by atoms with E-state index in [1.165, 1.54) is 0 Å². The molecule has 0 unspecified atom stereocenters. The number of methoxy groups -OCH3 is 1. The molecular weight excluding hydrogens is 266 g/mol. The maximum atomic E-state index is 12.2. The fourth-order valence-electron chi connectivity index (χ4n) is 2.09. The highest BCUT2D eigenvalue weighted by Gasteiger charge is 2.12. The van der Waals surface area contributed by atoms with E-state index in [1.54, 1.807) is 37.3 Å². The Labute approximate surface area is 124 Å². The van der Waals surface area contributed by atoms with Crippen molar-refractivity contribution in [1.82, 2.24) is 4.90 Å². The first-order chi connectivity index (χ1) is 10.1. The number of carbonyl (C=O) groups is 1. The van der Waals surface area contributed by atoms with E-state index in [4.69, 9.17) is 4.74 Å². The third-order valence-corrected chi connectivity index (χ3v) is 3.31. The van der Waals surface area contributed by atoms with Crippen LogP contribution in [0.25, 0.3) is 0 Å². The average molecular weight is 285 g/mol. The Morgan fingerprint density at radius 2 is 1.95 bits per heavy atom. The van der Waals surface area contributed by atoms with Crippen LogP contribution in [-0.4, -0.2) is 30.1 Å². The fraction of sp³-hybridized carbons (Fsp3) is 0.235. The SMILES string of the molecule is COc1cccc(CN(C)C(=O)Cc2ccccc2O)c1. The molecule has 0 fully saturated rings. The highest BCUT2D eigenvalue weighted by atomic mass is 16.5. The van der Waals surface area contributed by atoms with E-state index in [9.17, 15) is 9.90 Å². The first-order valence-electron chi connectivity index (χ1n) is 6.74. The lowest BCUT2D eigenvalue weighted by molar-refractivity contribution is -0.129. The molecule has 1 amide bonds. The lowest BCUT2D eigenvalue weighted by Gasteiger charge is -2.18. The lowest BCUT2D eigenvalue weighted by Crippen LogP contribution is -2.27. The molecule has 0 radical (unpaired) electrons. The Bertz CT molecular complexity index is 625. The largest absolute Gasteiger partial charge is 0.508 e. The second-order valence-electron chi connectivity index (χ2n) is 4.91. The number of phenolic OH excluding ortho intramolecular Hbond substituents is 1. The number of rotatable bonds is 5. The van der Waals surface area contributed by atoms with Crippen molar-refractivity contribution in [3.8, 4) is 11.5 Å². The molecule has 110 valence electrons. The molecule has 0 aliphatic rings. The number of amides is 1. The number of phenols is 1.